The minimum Gasteiger partial charge on any atom is -0.492 e. The fourth-order valence-corrected chi connectivity index (χ4v) is 1.98. The van der Waals surface area contributed by atoms with Gasteiger partial charge in [0.15, 0.2) is 5.96 Å². The molecular weight excluding hydrogens is 405 g/mol. The molecule has 1 aromatic carbocycles. The van der Waals surface area contributed by atoms with E-state index in [9.17, 15) is 0 Å². The standard InChI is InChI=1S/C17H29N3O2.HI/c1-4-21-14-9-8-12-19-17(18-2)20(3)13-15-22-16-10-6-5-7-11-16;/h5-7,10-11H,4,8-9,12-15H2,1-3H3,(H,18,19);1H. The van der Waals surface area contributed by atoms with Crippen LogP contribution in [0.2, 0.25) is 0 Å². The third-order valence-electron chi connectivity index (χ3n) is 3.21. The third kappa shape index (κ3) is 10.4. The van der Waals surface area contributed by atoms with Gasteiger partial charge in [0, 0.05) is 33.9 Å². The zero-order chi connectivity index (χ0) is 16.0. The number of unbranched alkanes of at least 4 members (excludes halogenated alkanes) is 1. The normalized spacial score (nSPS) is 10.8. The summed E-state index contributed by atoms with van der Waals surface area (Å²) < 4.78 is 11.0. The van der Waals surface area contributed by atoms with E-state index in [1.807, 2.05) is 44.3 Å². The number of ether oxygens (including phenoxy) is 2. The molecule has 0 heterocycles. The number of rotatable bonds is 10. The number of nitrogens with zero attached hydrogens (tertiary/aromatic N) is 2. The molecule has 0 aromatic heterocycles. The van der Waals surface area contributed by atoms with E-state index in [-0.39, 0.29) is 24.0 Å². The highest BCUT2D eigenvalue weighted by Crippen LogP contribution is 2.07. The van der Waals surface area contributed by atoms with E-state index in [2.05, 4.69) is 15.2 Å². The summed E-state index contributed by atoms with van der Waals surface area (Å²) in [5, 5.41) is 3.36. The highest BCUT2D eigenvalue weighted by atomic mass is 127. The molecule has 0 saturated carbocycles. The number of halogens is 1. The Hall–Kier alpha value is -1.02. The molecule has 0 saturated heterocycles. The number of nitrogens with one attached hydrogen (secondary N) is 1. The minimum atomic E-state index is 0. The maximum Gasteiger partial charge on any atom is 0.193 e. The zero-order valence-corrected chi connectivity index (χ0v) is 16.8. The molecule has 0 spiro atoms. The molecule has 1 aromatic rings. The van der Waals surface area contributed by atoms with Crippen LogP contribution < -0.4 is 10.1 Å². The summed E-state index contributed by atoms with van der Waals surface area (Å²) in [4.78, 5) is 6.37. The monoisotopic (exact) mass is 435 g/mol. The van der Waals surface area contributed by atoms with Gasteiger partial charge < -0.3 is 19.7 Å². The number of benzene rings is 1. The van der Waals surface area contributed by atoms with Gasteiger partial charge in [-0.2, -0.15) is 0 Å². The van der Waals surface area contributed by atoms with Crippen LogP contribution in [0.3, 0.4) is 0 Å². The van der Waals surface area contributed by atoms with E-state index < -0.39 is 0 Å². The van der Waals surface area contributed by atoms with Crippen LogP contribution in [-0.2, 0) is 4.74 Å². The smallest absolute Gasteiger partial charge is 0.193 e. The van der Waals surface area contributed by atoms with Gasteiger partial charge in [0.1, 0.15) is 12.4 Å². The molecule has 0 aliphatic heterocycles. The van der Waals surface area contributed by atoms with Crippen molar-refractivity contribution < 1.29 is 9.47 Å². The van der Waals surface area contributed by atoms with Gasteiger partial charge in [-0.1, -0.05) is 18.2 Å². The molecule has 6 heteroatoms. The molecule has 0 unspecified atom stereocenters. The highest BCUT2D eigenvalue weighted by molar-refractivity contribution is 14.0. The molecule has 0 atom stereocenters. The van der Waals surface area contributed by atoms with E-state index in [4.69, 9.17) is 9.47 Å². The average molecular weight is 435 g/mol. The Morgan fingerprint density at radius 1 is 1.17 bits per heavy atom. The van der Waals surface area contributed by atoms with Gasteiger partial charge in [-0.3, -0.25) is 4.99 Å². The Labute approximate surface area is 157 Å². The van der Waals surface area contributed by atoms with Crippen LogP contribution in [0, 0.1) is 0 Å². The van der Waals surface area contributed by atoms with E-state index in [1.54, 1.807) is 7.05 Å². The van der Waals surface area contributed by atoms with Gasteiger partial charge in [-0.05, 0) is 31.9 Å². The van der Waals surface area contributed by atoms with Crippen molar-refractivity contribution in [3.05, 3.63) is 30.3 Å². The van der Waals surface area contributed by atoms with E-state index >= 15 is 0 Å². The van der Waals surface area contributed by atoms with Gasteiger partial charge in [0.25, 0.3) is 0 Å². The van der Waals surface area contributed by atoms with Crippen molar-refractivity contribution in [2.45, 2.75) is 19.8 Å². The summed E-state index contributed by atoms with van der Waals surface area (Å²) in [5.41, 5.74) is 0. The van der Waals surface area contributed by atoms with Gasteiger partial charge >= 0.3 is 0 Å². The molecule has 0 aliphatic rings. The lowest BCUT2D eigenvalue weighted by Gasteiger charge is -2.22. The summed E-state index contributed by atoms with van der Waals surface area (Å²) in [6.07, 6.45) is 2.14. The van der Waals surface area contributed by atoms with Crippen LogP contribution in [0.5, 0.6) is 5.75 Å². The van der Waals surface area contributed by atoms with Crippen molar-refractivity contribution in [3.63, 3.8) is 0 Å². The molecule has 132 valence electrons. The first-order valence-corrected chi connectivity index (χ1v) is 7.95. The van der Waals surface area contributed by atoms with Gasteiger partial charge in [0.2, 0.25) is 0 Å². The number of likely N-dealkylation sites (N-methyl/N-ethyl adjacent to an activating group) is 1. The Kier molecular flexibility index (Phi) is 13.9. The third-order valence-corrected chi connectivity index (χ3v) is 3.21. The Morgan fingerprint density at radius 2 is 1.91 bits per heavy atom. The molecule has 0 amide bonds. The molecular formula is C17H30IN3O2. The Morgan fingerprint density at radius 3 is 2.57 bits per heavy atom. The maximum atomic E-state index is 5.70. The molecule has 1 rings (SSSR count). The number of hydrogen-bond donors (Lipinski definition) is 1. The first-order chi connectivity index (χ1) is 10.8. The van der Waals surface area contributed by atoms with Gasteiger partial charge in [-0.15, -0.1) is 24.0 Å². The average Bonchev–Trinajstić information content (AvgIpc) is 2.55. The van der Waals surface area contributed by atoms with Crippen LogP contribution in [0.1, 0.15) is 19.8 Å². The fraction of sp³-hybridized carbons (Fsp3) is 0.588. The molecule has 23 heavy (non-hydrogen) atoms. The second-order valence-electron chi connectivity index (χ2n) is 4.96. The van der Waals surface area contributed by atoms with Crippen molar-refractivity contribution in [3.8, 4) is 5.75 Å². The van der Waals surface area contributed by atoms with Crippen molar-refractivity contribution in [2.75, 3.05) is 47.0 Å². The molecule has 0 fully saturated rings. The lowest BCUT2D eigenvalue weighted by atomic mass is 10.3. The highest BCUT2D eigenvalue weighted by Gasteiger charge is 2.05. The van der Waals surface area contributed by atoms with Crippen LogP contribution in [0.15, 0.2) is 35.3 Å². The van der Waals surface area contributed by atoms with Crippen molar-refractivity contribution >= 4 is 29.9 Å². The van der Waals surface area contributed by atoms with Crippen LogP contribution in [0.25, 0.3) is 0 Å². The van der Waals surface area contributed by atoms with Crippen LogP contribution in [0.4, 0.5) is 0 Å². The first-order valence-electron chi connectivity index (χ1n) is 7.95. The van der Waals surface area contributed by atoms with Gasteiger partial charge in [-0.25, -0.2) is 0 Å². The Balaban J connectivity index is 0.00000484. The topological polar surface area (TPSA) is 46.1 Å². The number of para-hydroxylation sites is 1. The van der Waals surface area contributed by atoms with Gasteiger partial charge in [0.05, 0.1) is 6.54 Å². The van der Waals surface area contributed by atoms with E-state index in [0.29, 0.717) is 6.61 Å². The number of guanidine groups is 1. The summed E-state index contributed by atoms with van der Waals surface area (Å²) in [6.45, 7) is 5.96. The molecule has 0 radical (unpaired) electrons. The number of aliphatic imine (C=N–C) groups is 1. The molecule has 1 N–H and O–H groups in total. The number of hydrogen-bond acceptors (Lipinski definition) is 3. The maximum absolute atomic E-state index is 5.70. The minimum absolute atomic E-state index is 0. The quantitative estimate of drug-likeness (QED) is 0.266. The van der Waals surface area contributed by atoms with Crippen LogP contribution in [-0.4, -0.2) is 57.9 Å². The predicted molar refractivity (Wildman–Crippen MR) is 107 cm³/mol. The molecule has 0 aliphatic carbocycles. The second-order valence-corrected chi connectivity index (χ2v) is 4.96. The van der Waals surface area contributed by atoms with Crippen molar-refractivity contribution in [2.24, 2.45) is 4.99 Å². The second kappa shape index (κ2) is 14.6. The van der Waals surface area contributed by atoms with E-state index in [1.165, 1.54) is 0 Å². The summed E-state index contributed by atoms with van der Waals surface area (Å²) in [7, 11) is 3.82. The Bertz CT molecular complexity index is 416. The molecule has 0 bridgehead atoms. The predicted octanol–water partition coefficient (Wildman–Crippen LogP) is 3.01. The fourth-order valence-electron chi connectivity index (χ4n) is 1.98. The van der Waals surface area contributed by atoms with E-state index in [0.717, 1.165) is 50.9 Å². The lowest BCUT2D eigenvalue weighted by Crippen LogP contribution is -2.41. The first kappa shape index (κ1) is 22.0. The largest absolute Gasteiger partial charge is 0.492 e. The molecule has 5 nitrogen and oxygen atoms in total. The van der Waals surface area contributed by atoms with Crippen molar-refractivity contribution in [1.29, 1.82) is 0 Å². The van der Waals surface area contributed by atoms with Crippen molar-refractivity contribution in [1.82, 2.24) is 10.2 Å². The zero-order valence-electron chi connectivity index (χ0n) is 14.5. The summed E-state index contributed by atoms with van der Waals surface area (Å²) in [5.74, 6) is 1.79. The summed E-state index contributed by atoms with van der Waals surface area (Å²) in [6, 6.07) is 9.86. The SMILES string of the molecule is CCOCCCCNC(=NC)N(C)CCOc1ccccc1.I. The lowest BCUT2D eigenvalue weighted by molar-refractivity contribution is 0.143. The van der Waals surface area contributed by atoms with Crippen LogP contribution >= 0.6 is 24.0 Å². The summed E-state index contributed by atoms with van der Waals surface area (Å²) >= 11 is 0.